The Balaban J connectivity index is 1.46. The number of nitrogens with zero attached hydrogens (tertiary/aromatic N) is 2. The molecular weight excluding hydrogens is 410 g/mol. The van der Waals surface area contributed by atoms with E-state index >= 15 is 0 Å². The molecular formula is C28H23N3O2. The number of benzene rings is 3. The highest BCUT2D eigenvalue weighted by Gasteiger charge is 2.34. The highest BCUT2D eigenvalue weighted by Crippen LogP contribution is 2.27. The molecule has 3 aromatic carbocycles. The number of carbonyl (C=O) groups is 2. The number of aromatic nitrogens is 1. The average Bonchev–Trinajstić information content (AvgIpc) is 3.28. The van der Waals surface area contributed by atoms with E-state index in [0.717, 1.165) is 33.1 Å². The van der Waals surface area contributed by atoms with Crippen molar-refractivity contribution in [3.8, 4) is 16.8 Å². The quantitative estimate of drug-likeness (QED) is 0.324. The molecule has 1 aliphatic rings. The number of hydrogen-bond acceptors (Lipinski definition) is 2. The van der Waals surface area contributed by atoms with Crippen LogP contribution in [-0.2, 0) is 4.79 Å². The smallest absolute Gasteiger partial charge is 0.318 e. The Hall–Kier alpha value is -4.38. The van der Waals surface area contributed by atoms with Crippen LogP contribution >= 0.6 is 0 Å². The first-order valence-corrected chi connectivity index (χ1v) is 10.8. The number of urea groups is 1. The van der Waals surface area contributed by atoms with E-state index in [-0.39, 0.29) is 11.6 Å². The number of imide groups is 1. The Kier molecular flexibility index (Phi) is 5.15. The van der Waals surface area contributed by atoms with E-state index in [0.29, 0.717) is 5.69 Å². The molecule has 1 saturated heterocycles. The molecule has 4 aromatic rings. The summed E-state index contributed by atoms with van der Waals surface area (Å²) >= 11 is 0. The maximum Gasteiger partial charge on any atom is 0.333 e. The zero-order valence-electron chi connectivity index (χ0n) is 18.4. The molecule has 1 aromatic heterocycles. The zero-order chi connectivity index (χ0) is 22.9. The summed E-state index contributed by atoms with van der Waals surface area (Å²) in [4.78, 5) is 26.6. The predicted molar refractivity (Wildman–Crippen MR) is 131 cm³/mol. The lowest BCUT2D eigenvalue weighted by atomic mass is 10.1. The standard InChI is InChI=1S/C28H23N3O2/c1-19-17-23(18-26-27(32)31(28(33)29-26)24-11-7-4-8-12-24)20(2)30(19)25-15-13-22(14-16-25)21-9-5-3-6-10-21/h3-18H,1-2H3,(H,29,33)/b26-18-. The van der Waals surface area contributed by atoms with E-state index in [2.05, 4.69) is 46.3 Å². The number of anilines is 1. The molecule has 5 rings (SSSR count). The second kappa shape index (κ2) is 8.28. The topological polar surface area (TPSA) is 54.3 Å². The van der Waals surface area contributed by atoms with Crippen molar-refractivity contribution in [2.75, 3.05) is 4.90 Å². The Bertz CT molecular complexity index is 1370. The fraction of sp³-hybridized carbons (Fsp3) is 0.0714. The van der Waals surface area contributed by atoms with Crippen molar-refractivity contribution in [2.24, 2.45) is 0 Å². The summed E-state index contributed by atoms with van der Waals surface area (Å²) in [5, 5.41) is 2.71. The van der Waals surface area contributed by atoms with Crippen LogP contribution in [0.1, 0.15) is 17.0 Å². The Morgan fingerprint density at radius 3 is 2.00 bits per heavy atom. The first-order valence-electron chi connectivity index (χ1n) is 10.8. The Morgan fingerprint density at radius 2 is 1.33 bits per heavy atom. The SMILES string of the molecule is Cc1cc(/C=C2\NC(=O)N(c3ccccc3)C2=O)c(C)n1-c1ccc(-c2ccccc2)cc1. The predicted octanol–water partition coefficient (Wildman–Crippen LogP) is 5.86. The van der Waals surface area contributed by atoms with Crippen LogP contribution in [0, 0.1) is 13.8 Å². The summed E-state index contributed by atoms with van der Waals surface area (Å²) in [7, 11) is 0. The molecule has 162 valence electrons. The number of nitrogens with one attached hydrogen (secondary N) is 1. The molecule has 1 N–H and O–H groups in total. The first kappa shape index (κ1) is 20.5. The molecule has 0 atom stereocenters. The molecule has 0 unspecified atom stereocenters. The third-order valence-electron chi connectivity index (χ3n) is 5.90. The van der Waals surface area contributed by atoms with Gasteiger partial charge in [0.2, 0.25) is 0 Å². The molecule has 5 heteroatoms. The number of hydrogen-bond donors (Lipinski definition) is 1. The second-order valence-electron chi connectivity index (χ2n) is 8.04. The van der Waals surface area contributed by atoms with Gasteiger partial charge in [0.25, 0.3) is 5.91 Å². The largest absolute Gasteiger partial charge is 0.333 e. The van der Waals surface area contributed by atoms with Crippen LogP contribution in [0.5, 0.6) is 0 Å². The number of aryl methyl sites for hydroxylation is 1. The summed E-state index contributed by atoms with van der Waals surface area (Å²) in [6.07, 6.45) is 1.75. The molecule has 0 bridgehead atoms. The molecule has 2 heterocycles. The van der Waals surface area contributed by atoms with E-state index in [9.17, 15) is 9.59 Å². The van der Waals surface area contributed by atoms with E-state index in [4.69, 9.17) is 0 Å². The van der Waals surface area contributed by atoms with Gasteiger partial charge in [0.15, 0.2) is 0 Å². The van der Waals surface area contributed by atoms with Crippen LogP contribution in [0.15, 0.2) is 96.7 Å². The van der Waals surface area contributed by atoms with Gasteiger partial charge in [-0.25, -0.2) is 9.69 Å². The van der Waals surface area contributed by atoms with Gasteiger partial charge in [-0.3, -0.25) is 4.79 Å². The van der Waals surface area contributed by atoms with Crippen molar-refractivity contribution >= 4 is 23.7 Å². The highest BCUT2D eigenvalue weighted by atomic mass is 16.2. The fourth-order valence-electron chi connectivity index (χ4n) is 4.27. The molecule has 0 saturated carbocycles. The normalized spacial score (nSPS) is 14.7. The van der Waals surface area contributed by atoms with Gasteiger partial charge in [-0.15, -0.1) is 0 Å². The second-order valence-corrected chi connectivity index (χ2v) is 8.04. The van der Waals surface area contributed by atoms with Gasteiger partial charge >= 0.3 is 6.03 Å². The van der Waals surface area contributed by atoms with Crippen molar-refractivity contribution in [2.45, 2.75) is 13.8 Å². The van der Waals surface area contributed by atoms with Crippen molar-refractivity contribution < 1.29 is 9.59 Å². The van der Waals surface area contributed by atoms with E-state index in [1.54, 1.807) is 30.3 Å². The Labute approximate surface area is 192 Å². The van der Waals surface area contributed by atoms with Gasteiger partial charge in [-0.2, -0.15) is 0 Å². The highest BCUT2D eigenvalue weighted by molar-refractivity contribution is 6.28. The van der Waals surface area contributed by atoms with Gasteiger partial charge in [0.05, 0.1) is 5.69 Å². The minimum atomic E-state index is -0.442. The Morgan fingerprint density at radius 1 is 0.727 bits per heavy atom. The van der Waals surface area contributed by atoms with Crippen molar-refractivity contribution in [1.82, 2.24) is 9.88 Å². The lowest BCUT2D eigenvalue weighted by molar-refractivity contribution is -0.113. The number of carbonyl (C=O) groups excluding carboxylic acids is 2. The molecule has 0 aliphatic carbocycles. The fourth-order valence-corrected chi connectivity index (χ4v) is 4.27. The van der Waals surface area contributed by atoms with Gasteiger partial charge in [-0.05, 0) is 66.9 Å². The number of amides is 3. The molecule has 1 fully saturated rings. The van der Waals surface area contributed by atoms with Gasteiger partial charge in [-0.1, -0.05) is 60.7 Å². The summed E-state index contributed by atoms with van der Waals surface area (Å²) < 4.78 is 2.15. The van der Waals surface area contributed by atoms with Crippen LogP contribution in [0.3, 0.4) is 0 Å². The van der Waals surface area contributed by atoms with Crippen molar-refractivity contribution in [1.29, 1.82) is 0 Å². The van der Waals surface area contributed by atoms with Gasteiger partial charge < -0.3 is 9.88 Å². The van der Waals surface area contributed by atoms with Crippen LogP contribution in [0.25, 0.3) is 22.9 Å². The van der Waals surface area contributed by atoms with Gasteiger partial charge in [0.1, 0.15) is 5.70 Å². The average molecular weight is 434 g/mol. The summed E-state index contributed by atoms with van der Waals surface area (Å²) in [6, 6.07) is 29.2. The van der Waals surface area contributed by atoms with E-state index in [1.165, 1.54) is 5.56 Å². The van der Waals surface area contributed by atoms with Crippen molar-refractivity contribution in [3.63, 3.8) is 0 Å². The van der Waals surface area contributed by atoms with Crippen molar-refractivity contribution in [3.05, 3.63) is 114 Å². The molecule has 0 spiro atoms. The summed E-state index contributed by atoms with van der Waals surface area (Å²) in [6.45, 7) is 4.05. The van der Waals surface area contributed by atoms with Crippen LogP contribution in [-0.4, -0.2) is 16.5 Å². The monoisotopic (exact) mass is 433 g/mol. The summed E-state index contributed by atoms with van der Waals surface area (Å²) in [5.41, 5.74) is 7.12. The molecule has 0 radical (unpaired) electrons. The van der Waals surface area contributed by atoms with Crippen LogP contribution in [0.2, 0.25) is 0 Å². The lowest BCUT2D eigenvalue weighted by Gasteiger charge is -2.11. The lowest BCUT2D eigenvalue weighted by Crippen LogP contribution is -2.30. The van der Waals surface area contributed by atoms with Gasteiger partial charge in [0, 0.05) is 17.1 Å². The molecule has 33 heavy (non-hydrogen) atoms. The van der Waals surface area contributed by atoms with Crippen LogP contribution < -0.4 is 10.2 Å². The van der Waals surface area contributed by atoms with Crippen LogP contribution in [0.4, 0.5) is 10.5 Å². The van der Waals surface area contributed by atoms with E-state index in [1.807, 2.05) is 44.2 Å². The maximum absolute atomic E-state index is 12.9. The number of rotatable bonds is 4. The zero-order valence-corrected chi connectivity index (χ0v) is 18.4. The molecule has 5 nitrogen and oxygen atoms in total. The minimum Gasteiger partial charge on any atom is -0.318 e. The summed E-state index contributed by atoms with van der Waals surface area (Å²) in [5.74, 6) is -0.358. The molecule has 1 aliphatic heterocycles. The third kappa shape index (κ3) is 3.74. The maximum atomic E-state index is 12.9. The molecule has 3 amide bonds. The number of para-hydroxylation sites is 1. The minimum absolute atomic E-state index is 0.267. The van der Waals surface area contributed by atoms with E-state index < -0.39 is 6.03 Å². The third-order valence-corrected chi connectivity index (χ3v) is 5.90. The first-order chi connectivity index (χ1) is 16.0.